The number of aryl methyl sites for hydroxylation is 1. The van der Waals surface area contributed by atoms with Gasteiger partial charge in [-0.1, -0.05) is 20.8 Å². The maximum atomic E-state index is 12.1. The average molecular weight is 301 g/mol. The zero-order valence-electron chi connectivity index (χ0n) is 14.1. The van der Waals surface area contributed by atoms with Crippen LogP contribution in [0.25, 0.3) is 10.9 Å². The maximum absolute atomic E-state index is 12.1. The average Bonchev–Trinajstić information content (AvgIpc) is 2.67. The van der Waals surface area contributed by atoms with Gasteiger partial charge in [0.25, 0.3) is 0 Å². The van der Waals surface area contributed by atoms with E-state index in [4.69, 9.17) is 0 Å². The van der Waals surface area contributed by atoms with Crippen LogP contribution in [-0.2, 0) is 12.0 Å². The monoisotopic (exact) mass is 301 g/mol. The molecule has 0 spiro atoms. The van der Waals surface area contributed by atoms with Gasteiger partial charge in [0.2, 0.25) is 0 Å². The number of carbonyl (C=O) groups is 2. The molecule has 4 heteroatoms. The molecule has 0 radical (unpaired) electrons. The van der Waals surface area contributed by atoms with Crippen LogP contribution < -0.4 is 0 Å². The standard InChI is InChI=1S/C18H23NO3/c1-7-19-10(2)15(11(3)20)13-8-12(18(4,5)6)9-14(16(13)19)17(21)22/h8-9H,7H2,1-6H3,(H,21,22). The van der Waals surface area contributed by atoms with Gasteiger partial charge in [0.05, 0.1) is 11.1 Å². The summed E-state index contributed by atoms with van der Waals surface area (Å²) in [5.74, 6) is -0.990. The van der Waals surface area contributed by atoms with E-state index < -0.39 is 5.97 Å². The van der Waals surface area contributed by atoms with Crippen LogP contribution in [0.3, 0.4) is 0 Å². The normalized spacial score (nSPS) is 11.9. The van der Waals surface area contributed by atoms with Crippen molar-refractivity contribution >= 4 is 22.7 Å². The summed E-state index contributed by atoms with van der Waals surface area (Å²) >= 11 is 0. The first-order valence-corrected chi connectivity index (χ1v) is 7.51. The Morgan fingerprint density at radius 1 is 1.23 bits per heavy atom. The van der Waals surface area contributed by atoms with E-state index in [-0.39, 0.29) is 16.8 Å². The molecule has 0 unspecified atom stereocenters. The van der Waals surface area contributed by atoms with Gasteiger partial charge in [0.1, 0.15) is 0 Å². The number of carboxylic acids is 1. The molecule has 4 nitrogen and oxygen atoms in total. The number of ketones is 1. The van der Waals surface area contributed by atoms with Crippen LogP contribution in [0.1, 0.15) is 66.6 Å². The van der Waals surface area contributed by atoms with E-state index in [0.717, 1.165) is 16.6 Å². The predicted octanol–water partition coefficient (Wildman–Crippen LogP) is 4.17. The molecule has 118 valence electrons. The Balaban J connectivity index is 3.06. The quantitative estimate of drug-likeness (QED) is 0.866. The van der Waals surface area contributed by atoms with Crippen LogP contribution in [-0.4, -0.2) is 21.4 Å². The van der Waals surface area contributed by atoms with Crippen LogP contribution >= 0.6 is 0 Å². The molecule has 1 aromatic heterocycles. The zero-order chi connectivity index (χ0) is 16.8. The van der Waals surface area contributed by atoms with Crippen molar-refractivity contribution in [3.63, 3.8) is 0 Å². The van der Waals surface area contributed by atoms with Crippen molar-refractivity contribution in [2.75, 3.05) is 0 Å². The van der Waals surface area contributed by atoms with Crippen molar-refractivity contribution in [1.29, 1.82) is 0 Å². The van der Waals surface area contributed by atoms with Crippen molar-refractivity contribution in [1.82, 2.24) is 4.57 Å². The van der Waals surface area contributed by atoms with Gasteiger partial charge in [-0.25, -0.2) is 4.79 Å². The molecule has 0 aliphatic carbocycles. The number of fused-ring (bicyclic) bond motifs is 1. The van der Waals surface area contributed by atoms with Crippen molar-refractivity contribution in [2.24, 2.45) is 0 Å². The minimum Gasteiger partial charge on any atom is -0.478 e. The molecule has 0 aliphatic rings. The molecule has 0 saturated heterocycles. The highest BCUT2D eigenvalue weighted by Crippen LogP contribution is 2.34. The van der Waals surface area contributed by atoms with Crippen LogP contribution in [0.4, 0.5) is 0 Å². The summed E-state index contributed by atoms with van der Waals surface area (Å²) in [5.41, 5.74) is 3.11. The van der Waals surface area contributed by atoms with Gasteiger partial charge in [0, 0.05) is 23.2 Å². The van der Waals surface area contributed by atoms with Crippen LogP contribution in [0.5, 0.6) is 0 Å². The molecule has 2 rings (SSSR count). The van der Waals surface area contributed by atoms with Gasteiger partial charge in [-0.05, 0) is 43.9 Å². The van der Waals surface area contributed by atoms with Crippen LogP contribution in [0.2, 0.25) is 0 Å². The molecule has 2 aromatic rings. The van der Waals surface area contributed by atoms with Gasteiger partial charge in [0.15, 0.2) is 5.78 Å². The summed E-state index contributed by atoms with van der Waals surface area (Å²) in [6.45, 7) is 12.1. The number of aromatic nitrogens is 1. The Bertz CT molecular complexity index is 776. The molecule has 0 amide bonds. The summed E-state index contributed by atoms with van der Waals surface area (Å²) in [5, 5.41) is 10.4. The van der Waals surface area contributed by atoms with E-state index in [0.29, 0.717) is 17.6 Å². The molecule has 1 aromatic carbocycles. The molecule has 0 aliphatic heterocycles. The number of rotatable bonds is 3. The van der Waals surface area contributed by atoms with Crippen molar-refractivity contribution in [2.45, 2.75) is 53.5 Å². The third-order valence-corrected chi connectivity index (χ3v) is 4.18. The first kappa shape index (κ1) is 16.3. The van der Waals surface area contributed by atoms with E-state index in [9.17, 15) is 14.7 Å². The Morgan fingerprint density at radius 3 is 2.23 bits per heavy atom. The minimum absolute atomic E-state index is 0.0305. The fourth-order valence-corrected chi connectivity index (χ4v) is 3.05. The SMILES string of the molecule is CCn1c(C)c(C(C)=O)c2cc(C(C)(C)C)cc(C(=O)O)c21. The summed E-state index contributed by atoms with van der Waals surface area (Å²) in [7, 11) is 0. The number of nitrogens with zero attached hydrogens (tertiary/aromatic N) is 1. The Hall–Kier alpha value is -2.10. The third-order valence-electron chi connectivity index (χ3n) is 4.18. The highest BCUT2D eigenvalue weighted by atomic mass is 16.4. The number of carboxylic acid groups (broad SMARTS) is 1. The topological polar surface area (TPSA) is 59.3 Å². The second-order valence-electron chi connectivity index (χ2n) is 6.74. The highest BCUT2D eigenvalue weighted by Gasteiger charge is 2.25. The first-order valence-electron chi connectivity index (χ1n) is 7.51. The number of hydrogen-bond donors (Lipinski definition) is 1. The zero-order valence-corrected chi connectivity index (χ0v) is 14.1. The summed E-state index contributed by atoms with van der Waals surface area (Å²) in [6.07, 6.45) is 0. The van der Waals surface area contributed by atoms with Crippen molar-refractivity contribution in [3.05, 3.63) is 34.5 Å². The van der Waals surface area contributed by atoms with Crippen LogP contribution in [0.15, 0.2) is 12.1 Å². The van der Waals surface area contributed by atoms with Gasteiger partial charge in [-0.2, -0.15) is 0 Å². The Morgan fingerprint density at radius 2 is 1.82 bits per heavy atom. The van der Waals surface area contributed by atoms with Gasteiger partial charge in [-0.15, -0.1) is 0 Å². The lowest BCUT2D eigenvalue weighted by atomic mass is 9.84. The van der Waals surface area contributed by atoms with Gasteiger partial charge in [-0.3, -0.25) is 4.79 Å². The number of carbonyl (C=O) groups excluding carboxylic acids is 1. The lowest BCUT2D eigenvalue weighted by Gasteiger charge is -2.20. The molecule has 0 saturated carbocycles. The maximum Gasteiger partial charge on any atom is 0.337 e. The Kier molecular flexibility index (Phi) is 3.90. The predicted molar refractivity (Wildman–Crippen MR) is 88.0 cm³/mol. The molecule has 0 bridgehead atoms. The summed E-state index contributed by atoms with van der Waals surface area (Å²) in [6, 6.07) is 3.71. The van der Waals surface area contributed by atoms with E-state index >= 15 is 0 Å². The minimum atomic E-state index is -0.960. The van der Waals surface area contributed by atoms with E-state index in [2.05, 4.69) is 0 Å². The largest absolute Gasteiger partial charge is 0.478 e. The van der Waals surface area contributed by atoms with Crippen molar-refractivity contribution in [3.8, 4) is 0 Å². The summed E-state index contributed by atoms with van der Waals surface area (Å²) in [4.78, 5) is 23.8. The highest BCUT2D eigenvalue weighted by molar-refractivity contribution is 6.13. The molecule has 1 N–H and O–H groups in total. The van der Waals surface area contributed by atoms with E-state index in [1.54, 1.807) is 6.07 Å². The molecular weight excluding hydrogens is 278 g/mol. The molecule has 0 atom stereocenters. The molecule has 22 heavy (non-hydrogen) atoms. The fraction of sp³-hybridized carbons (Fsp3) is 0.444. The summed E-state index contributed by atoms with van der Waals surface area (Å²) < 4.78 is 1.92. The number of Topliss-reactive ketones (excluding diaryl/α,β-unsaturated/α-hetero) is 1. The Labute approximate surface area is 130 Å². The van der Waals surface area contributed by atoms with Gasteiger partial charge >= 0.3 is 5.97 Å². The van der Waals surface area contributed by atoms with Crippen LogP contribution in [0, 0.1) is 6.92 Å². The smallest absolute Gasteiger partial charge is 0.337 e. The lowest BCUT2D eigenvalue weighted by Crippen LogP contribution is -2.13. The number of aromatic carboxylic acids is 1. The lowest BCUT2D eigenvalue weighted by molar-refractivity contribution is 0.0698. The first-order chi connectivity index (χ1) is 10.1. The third kappa shape index (κ3) is 2.43. The van der Waals surface area contributed by atoms with Crippen molar-refractivity contribution < 1.29 is 14.7 Å². The van der Waals surface area contributed by atoms with E-state index in [1.807, 2.05) is 45.3 Å². The second-order valence-corrected chi connectivity index (χ2v) is 6.74. The molecule has 0 fully saturated rings. The molecule has 1 heterocycles. The second kappa shape index (κ2) is 5.27. The number of benzene rings is 1. The fourth-order valence-electron chi connectivity index (χ4n) is 3.05. The number of hydrogen-bond acceptors (Lipinski definition) is 2. The van der Waals surface area contributed by atoms with E-state index in [1.165, 1.54) is 6.92 Å². The molecular formula is C18H23NO3. The van der Waals surface area contributed by atoms with Gasteiger partial charge < -0.3 is 9.67 Å².